The van der Waals surface area contributed by atoms with E-state index in [-0.39, 0.29) is 11.8 Å². The zero-order valence-electron chi connectivity index (χ0n) is 8.79. The fourth-order valence-electron chi connectivity index (χ4n) is 1.53. The van der Waals surface area contributed by atoms with Crippen LogP contribution in [0.25, 0.3) is 0 Å². The minimum absolute atomic E-state index is 0.125. The van der Waals surface area contributed by atoms with Gasteiger partial charge in [-0.15, -0.1) is 0 Å². The Bertz CT molecular complexity index is 343. The Morgan fingerprint density at radius 2 is 2.27 bits per heavy atom. The van der Waals surface area contributed by atoms with Gasteiger partial charge in [0.2, 0.25) is 5.91 Å². The average Bonchev–Trinajstić information content (AvgIpc) is 2.16. The number of rotatable bonds is 3. The Morgan fingerprint density at radius 3 is 2.73 bits per heavy atom. The van der Waals surface area contributed by atoms with E-state index in [4.69, 9.17) is 0 Å². The number of nitrogens with zero attached hydrogens (tertiary/aromatic N) is 1. The summed E-state index contributed by atoms with van der Waals surface area (Å²) in [6, 6.07) is 3.70. The molecular formula is C11H15N3O. The van der Waals surface area contributed by atoms with Gasteiger partial charge in [-0.3, -0.25) is 4.79 Å². The van der Waals surface area contributed by atoms with Crippen molar-refractivity contribution in [1.29, 1.82) is 0 Å². The van der Waals surface area contributed by atoms with Gasteiger partial charge in [0.05, 0.1) is 11.9 Å². The second-order valence-corrected chi connectivity index (χ2v) is 3.80. The van der Waals surface area contributed by atoms with Crippen LogP contribution < -0.4 is 10.6 Å². The topological polar surface area (TPSA) is 54.0 Å². The van der Waals surface area contributed by atoms with E-state index < -0.39 is 0 Å². The standard InChI is InChI=1S/C11H15N3O/c1-12-10-6-5-9(7-13-10)14-11(15)8-3-2-4-8/h5-8H,2-4H2,1H3,(H,12,13)(H,14,15). The third kappa shape index (κ3) is 2.26. The van der Waals surface area contributed by atoms with E-state index in [2.05, 4.69) is 15.6 Å². The van der Waals surface area contributed by atoms with Crippen LogP contribution in [-0.4, -0.2) is 17.9 Å². The summed E-state index contributed by atoms with van der Waals surface area (Å²) in [5.74, 6) is 1.14. The average molecular weight is 205 g/mol. The molecule has 0 aromatic carbocycles. The third-order valence-corrected chi connectivity index (χ3v) is 2.76. The summed E-state index contributed by atoms with van der Waals surface area (Å²) in [5, 5.41) is 5.79. The van der Waals surface area contributed by atoms with Crippen molar-refractivity contribution in [2.24, 2.45) is 5.92 Å². The molecule has 1 heterocycles. The number of anilines is 2. The third-order valence-electron chi connectivity index (χ3n) is 2.76. The lowest BCUT2D eigenvalue weighted by Crippen LogP contribution is -2.28. The van der Waals surface area contributed by atoms with E-state index in [1.165, 1.54) is 6.42 Å². The molecule has 80 valence electrons. The molecule has 1 aromatic heterocycles. The molecule has 1 amide bonds. The van der Waals surface area contributed by atoms with Crippen molar-refractivity contribution in [1.82, 2.24) is 4.98 Å². The van der Waals surface area contributed by atoms with Gasteiger partial charge in [-0.1, -0.05) is 6.42 Å². The SMILES string of the molecule is CNc1ccc(NC(=O)C2CCC2)cn1. The second-order valence-electron chi connectivity index (χ2n) is 3.80. The van der Waals surface area contributed by atoms with Crippen molar-refractivity contribution in [2.45, 2.75) is 19.3 Å². The van der Waals surface area contributed by atoms with E-state index in [0.717, 1.165) is 24.3 Å². The summed E-state index contributed by atoms with van der Waals surface area (Å²) in [7, 11) is 1.81. The molecule has 0 radical (unpaired) electrons. The van der Waals surface area contributed by atoms with Crippen LogP contribution >= 0.6 is 0 Å². The summed E-state index contributed by atoms with van der Waals surface area (Å²) in [4.78, 5) is 15.7. The van der Waals surface area contributed by atoms with Gasteiger partial charge in [-0.25, -0.2) is 4.98 Å². The first kappa shape index (κ1) is 9.96. The Labute approximate surface area is 89.1 Å². The number of pyridine rings is 1. The first-order valence-electron chi connectivity index (χ1n) is 5.24. The monoisotopic (exact) mass is 205 g/mol. The molecule has 4 nitrogen and oxygen atoms in total. The van der Waals surface area contributed by atoms with Crippen LogP contribution in [-0.2, 0) is 4.79 Å². The zero-order chi connectivity index (χ0) is 10.7. The predicted octanol–water partition coefficient (Wildman–Crippen LogP) is 1.86. The number of hydrogen-bond acceptors (Lipinski definition) is 3. The van der Waals surface area contributed by atoms with Gasteiger partial charge in [0.25, 0.3) is 0 Å². The molecule has 1 fully saturated rings. The minimum atomic E-state index is 0.125. The van der Waals surface area contributed by atoms with E-state index >= 15 is 0 Å². The van der Waals surface area contributed by atoms with Crippen LogP contribution in [0.15, 0.2) is 18.3 Å². The smallest absolute Gasteiger partial charge is 0.227 e. The summed E-state index contributed by atoms with van der Waals surface area (Å²) in [5.41, 5.74) is 0.769. The first-order valence-corrected chi connectivity index (χ1v) is 5.24. The molecule has 4 heteroatoms. The van der Waals surface area contributed by atoms with E-state index in [0.29, 0.717) is 0 Å². The van der Waals surface area contributed by atoms with Gasteiger partial charge in [0, 0.05) is 13.0 Å². The highest BCUT2D eigenvalue weighted by Crippen LogP contribution is 2.27. The molecule has 2 rings (SSSR count). The maximum Gasteiger partial charge on any atom is 0.227 e. The molecule has 0 aliphatic heterocycles. The number of hydrogen-bond donors (Lipinski definition) is 2. The van der Waals surface area contributed by atoms with Gasteiger partial charge >= 0.3 is 0 Å². The van der Waals surface area contributed by atoms with E-state index in [9.17, 15) is 4.79 Å². The van der Waals surface area contributed by atoms with Crippen LogP contribution in [0.2, 0.25) is 0 Å². The molecular weight excluding hydrogens is 190 g/mol. The molecule has 0 saturated heterocycles. The highest BCUT2D eigenvalue weighted by Gasteiger charge is 2.24. The Hall–Kier alpha value is -1.58. The lowest BCUT2D eigenvalue weighted by molar-refractivity contribution is -0.122. The summed E-state index contributed by atoms with van der Waals surface area (Å²) >= 11 is 0. The van der Waals surface area contributed by atoms with E-state index in [1.54, 1.807) is 6.20 Å². The Kier molecular flexibility index (Phi) is 2.85. The molecule has 1 aliphatic carbocycles. The zero-order valence-corrected chi connectivity index (χ0v) is 8.79. The summed E-state index contributed by atoms with van der Waals surface area (Å²) in [6.07, 6.45) is 4.89. The molecule has 0 spiro atoms. The van der Waals surface area contributed by atoms with Crippen LogP contribution in [0.1, 0.15) is 19.3 Å². The number of carbonyl (C=O) groups is 1. The fraction of sp³-hybridized carbons (Fsp3) is 0.455. The molecule has 1 aliphatic rings. The van der Waals surface area contributed by atoms with E-state index in [1.807, 2.05) is 19.2 Å². The first-order chi connectivity index (χ1) is 7.29. The molecule has 0 unspecified atom stereocenters. The fourth-order valence-corrected chi connectivity index (χ4v) is 1.53. The van der Waals surface area contributed by atoms with Crippen LogP contribution in [0.4, 0.5) is 11.5 Å². The van der Waals surface area contributed by atoms with Crippen molar-refractivity contribution >= 4 is 17.4 Å². The maximum absolute atomic E-state index is 11.6. The second kappa shape index (κ2) is 4.29. The van der Waals surface area contributed by atoms with Crippen molar-refractivity contribution in [3.63, 3.8) is 0 Å². The lowest BCUT2D eigenvalue weighted by atomic mass is 9.85. The van der Waals surface area contributed by atoms with Crippen molar-refractivity contribution < 1.29 is 4.79 Å². The highest BCUT2D eigenvalue weighted by molar-refractivity contribution is 5.92. The van der Waals surface area contributed by atoms with Gasteiger partial charge in [0.1, 0.15) is 5.82 Å². The molecule has 0 atom stereocenters. The molecule has 1 aromatic rings. The molecule has 2 N–H and O–H groups in total. The maximum atomic E-state index is 11.6. The van der Waals surface area contributed by atoms with Crippen LogP contribution in [0, 0.1) is 5.92 Å². The number of amides is 1. The number of nitrogens with one attached hydrogen (secondary N) is 2. The van der Waals surface area contributed by atoms with Gasteiger partial charge < -0.3 is 10.6 Å². The van der Waals surface area contributed by atoms with Crippen molar-refractivity contribution in [3.8, 4) is 0 Å². The molecule has 15 heavy (non-hydrogen) atoms. The van der Waals surface area contributed by atoms with Gasteiger partial charge in [0.15, 0.2) is 0 Å². The largest absolute Gasteiger partial charge is 0.373 e. The quantitative estimate of drug-likeness (QED) is 0.792. The van der Waals surface area contributed by atoms with Gasteiger partial charge in [-0.05, 0) is 25.0 Å². The van der Waals surface area contributed by atoms with Crippen LogP contribution in [0.5, 0.6) is 0 Å². The van der Waals surface area contributed by atoms with Crippen molar-refractivity contribution in [3.05, 3.63) is 18.3 Å². The molecule has 0 bridgehead atoms. The minimum Gasteiger partial charge on any atom is -0.373 e. The van der Waals surface area contributed by atoms with Crippen LogP contribution in [0.3, 0.4) is 0 Å². The Balaban J connectivity index is 1.94. The predicted molar refractivity (Wildman–Crippen MR) is 59.8 cm³/mol. The number of aromatic nitrogens is 1. The highest BCUT2D eigenvalue weighted by atomic mass is 16.1. The summed E-state index contributed by atoms with van der Waals surface area (Å²) in [6.45, 7) is 0. The summed E-state index contributed by atoms with van der Waals surface area (Å²) < 4.78 is 0. The van der Waals surface area contributed by atoms with Gasteiger partial charge in [-0.2, -0.15) is 0 Å². The normalized spacial score (nSPS) is 15.5. The van der Waals surface area contributed by atoms with Crippen molar-refractivity contribution in [2.75, 3.05) is 17.7 Å². The lowest BCUT2D eigenvalue weighted by Gasteiger charge is -2.23. The molecule has 1 saturated carbocycles. The number of carbonyl (C=O) groups excluding carboxylic acids is 1. The Morgan fingerprint density at radius 1 is 1.47 bits per heavy atom.